The van der Waals surface area contributed by atoms with E-state index in [-0.39, 0.29) is 5.70 Å². The fraction of sp³-hybridized carbons (Fsp3) is 0.333. The van der Waals surface area contributed by atoms with Crippen LogP contribution in [0.2, 0.25) is 0 Å². The van der Waals surface area contributed by atoms with Gasteiger partial charge in [0.05, 0.1) is 0 Å². The molecule has 0 rings (SSSR count). The summed E-state index contributed by atoms with van der Waals surface area (Å²) >= 11 is 0. The summed E-state index contributed by atoms with van der Waals surface area (Å²) in [5.41, 5.74) is 1.02. The third-order valence-corrected chi connectivity index (χ3v) is 0.570. The molecule has 0 saturated heterocycles. The van der Waals surface area contributed by atoms with Crippen LogP contribution in [0.25, 0.3) is 0 Å². The van der Waals surface area contributed by atoms with Crippen LogP contribution in [0.3, 0.4) is 0 Å². The minimum Gasteiger partial charge on any atom is -0.246 e. The average molecular weight is 150 g/mol. The van der Waals surface area contributed by atoms with E-state index in [0.29, 0.717) is 0 Å². The monoisotopic (exact) mass is 150 g/mol. The summed E-state index contributed by atoms with van der Waals surface area (Å²) in [6.07, 6.45) is 1.51. The van der Waals surface area contributed by atoms with Crippen molar-refractivity contribution < 1.29 is 0 Å². The zero-order chi connectivity index (χ0) is 9.28. The molecule has 60 valence electrons. The molecular formula is C9H14N2. The Hall–Kier alpha value is -1.36. The quantitative estimate of drug-likeness (QED) is 0.440. The fourth-order valence-electron chi connectivity index (χ4n) is 0.217. The van der Waals surface area contributed by atoms with Gasteiger partial charge in [-0.25, -0.2) is 4.99 Å². The van der Waals surface area contributed by atoms with Crippen molar-refractivity contribution in [2.75, 3.05) is 0 Å². The maximum absolute atomic E-state index is 8.15. The highest BCUT2D eigenvalue weighted by Gasteiger charge is 1.79. The third kappa shape index (κ3) is 12.0. The molecule has 0 aromatic heterocycles. The standard InChI is InChI=1S/C7H8N2.C2H6/c1-6(2)5-9-7(3)4-8;1-2/h5H,1,3H2,2H3;1-2H3. The lowest BCUT2D eigenvalue weighted by molar-refractivity contribution is 1.40. The second-order valence-electron chi connectivity index (χ2n) is 1.66. The highest BCUT2D eigenvalue weighted by atomic mass is 14.7. The molecule has 0 spiro atoms. The number of rotatable bonds is 2. The topological polar surface area (TPSA) is 36.1 Å². The van der Waals surface area contributed by atoms with Gasteiger partial charge >= 0.3 is 0 Å². The molecule has 0 aromatic rings. The highest BCUT2D eigenvalue weighted by Crippen LogP contribution is 1.88. The van der Waals surface area contributed by atoms with Gasteiger partial charge in [-0.15, -0.1) is 0 Å². The number of aliphatic imine (C=N–C) groups is 1. The van der Waals surface area contributed by atoms with Gasteiger partial charge in [0.2, 0.25) is 0 Å². The molecule has 0 aliphatic heterocycles. The Kier molecular flexibility index (Phi) is 9.68. The van der Waals surface area contributed by atoms with E-state index in [1.807, 2.05) is 13.8 Å². The van der Waals surface area contributed by atoms with Crippen LogP contribution in [0, 0.1) is 11.3 Å². The Morgan fingerprint density at radius 1 is 1.45 bits per heavy atom. The molecule has 0 aromatic carbocycles. The Morgan fingerprint density at radius 2 is 1.91 bits per heavy atom. The minimum atomic E-state index is 0.206. The van der Waals surface area contributed by atoms with Crippen molar-refractivity contribution in [3.8, 4) is 6.07 Å². The van der Waals surface area contributed by atoms with Crippen LogP contribution in [0.1, 0.15) is 20.8 Å². The van der Waals surface area contributed by atoms with Crippen molar-refractivity contribution >= 4 is 6.21 Å². The van der Waals surface area contributed by atoms with E-state index in [0.717, 1.165) is 5.57 Å². The van der Waals surface area contributed by atoms with Gasteiger partial charge in [-0.05, 0) is 12.5 Å². The first kappa shape index (κ1) is 12.3. The van der Waals surface area contributed by atoms with E-state index in [4.69, 9.17) is 5.26 Å². The summed E-state index contributed by atoms with van der Waals surface area (Å²) in [5.74, 6) is 0. The second-order valence-corrected chi connectivity index (χ2v) is 1.66. The summed E-state index contributed by atoms with van der Waals surface area (Å²) in [7, 11) is 0. The molecule has 0 unspecified atom stereocenters. The van der Waals surface area contributed by atoms with Crippen molar-refractivity contribution in [3.05, 3.63) is 24.4 Å². The van der Waals surface area contributed by atoms with Gasteiger partial charge in [0.25, 0.3) is 0 Å². The van der Waals surface area contributed by atoms with Gasteiger partial charge in [0.15, 0.2) is 0 Å². The Balaban J connectivity index is 0. The summed E-state index contributed by atoms with van der Waals surface area (Å²) in [4.78, 5) is 3.66. The largest absolute Gasteiger partial charge is 0.246 e. The maximum Gasteiger partial charge on any atom is 0.133 e. The lowest BCUT2D eigenvalue weighted by Crippen LogP contribution is -1.74. The Morgan fingerprint density at radius 3 is 2.18 bits per heavy atom. The van der Waals surface area contributed by atoms with Crippen LogP contribution in [0.15, 0.2) is 29.4 Å². The molecule has 0 N–H and O–H groups in total. The molecule has 2 nitrogen and oxygen atoms in total. The number of hydrogen-bond acceptors (Lipinski definition) is 2. The van der Waals surface area contributed by atoms with Crippen molar-refractivity contribution in [3.63, 3.8) is 0 Å². The van der Waals surface area contributed by atoms with Crippen LogP contribution in [0.4, 0.5) is 0 Å². The highest BCUT2D eigenvalue weighted by molar-refractivity contribution is 5.77. The summed E-state index contributed by atoms with van der Waals surface area (Å²) in [6, 6.07) is 1.79. The molecule has 11 heavy (non-hydrogen) atoms. The van der Waals surface area contributed by atoms with E-state index >= 15 is 0 Å². The van der Waals surface area contributed by atoms with Gasteiger partial charge in [0.1, 0.15) is 11.8 Å². The summed E-state index contributed by atoms with van der Waals surface area (Å²) < 4.78 is 0. The maximum atomic E-state index is 8.15. The lowest BCUT2D eigenvalue weighted by Gasteiger charge is -1.82. The summed E-state index contributed by atoms with van der Waals surface area (Å²) in [5, 5.41) is 8.15. The van der Waals surface area contributed by atoms with Crippen molar-refractivity contribution in [1.82, 2.24) is 0 Å². The van der Waals surface area contributed by atoms with E-state index in [9.17, 15) is 0 Å². The van der Waals surface area contributed by atoms with Gasteiger partial charge < -0.3 is 0 Å². The minimum absolute atomic E-state index is 0.206. The van der Waals surface area contributed by atoms with Crippen molar-refractivity contribution in [2.45, 2.75) is 20.8 Å². The van der Waals surface area contributed by atoms with Crippen molar-refractivity contribution in [1.29, 1.82) is 5.26 Å². The van der Waals surface area contributed by atoms with Gasteiger partial charge in [-0.3, -0.25) is 0 Å². The van der Waals surface area contributed by atoms with Crippen LogP contribution in [0.5, 0.6) is 0 Å². The number of allylic oxidation sites excluding steroid dienone is 2. The fourth-order valence-corrected chi connectivity index (χ4v) is 0.217. The number of hydrogen-bond donors (Lipinski definition) is 0. The molecular weight excluding hydrogens is 136 g/mol. The molecule has 2 heteroatoms. The second kappa shape index (κ2) is 8.64. The normalized spacial score (nSPS) is 7.82. The molecule has 0 radical (unpaired) electrons. The molecule has 0 aliphatic carbocycles. The number of nitriles is 1. The molecule has 0 amide bonds. The Labute approximate surface area is 68.6 Å². The van der Waals surface area contributed by atoms with Gasteiger partial charge in [-0.2, -0.15) is 5.26 Å². The third-order valence-electron chi connectivity index (χ3n) is 0.570. The molecule has 0 heterocycles. The number of nitrogens with zero attached hydrogens (tertiary/aromatic N) is 2. The summed E-state index contributed by atoms with van der Waals surface area (Å²) in [6.45, 7) is 12.7. The van der Waals surface area contributed by atoms with E-state index in [1.54, 1.807) is 13.0 Å². The van der Waals surface area contributed by atoms with Crippen LogP contribution in [-0.4, -0.2) is 6.21 Å². The van der Waals surface area contributed by atoms with Crippen molar-refractivity contribution in [2.24, 2.45) is 4.99 Å². The molecule has 0 atom stereocenters. The van der Waals surface area contributed by atoms with Crippen LogP contribution >= 0.6 is 0 Å². The zero-order valence-corrected chi connectivity index (χ0v) is 7.39. The molecule has 0 bridgehead atoms. The predicted molar refractivity (Wildman–Crippen MR) is 49.4 cm³/mol. The van der Waals surface area contributed by atoms with E-state index in [1.165, 1.54) is 6.21 Å². The first-order valence-electron chi connectivity index (χ1n) is 3.45. The van der Waals surface area contributed by atoms with Gasteiger partial charge in [-0.1, -0.05) is 27.0 Å². The van der Waals surface area contributed by atoms with Gasteiger partial charge in [0, 0.05) is 6.21 Å². The van der Waals surface area contributed by atoms with E-state index in [2.05, 4.69) is 18.2 Å². The first-order chi connectivity index (χ1) is 5.16. The molecule has 0 saturated carbocycles. The predicted octanol–water partition coefficient (Wildman–Crippen LogP) is 2.70. The zero-order valence-electron chi connectivity index (χ0n) is 7.39. The average Bonchev–Trinajstić information content (AvgIpc) is 2.04. The van der Waals surface area contributed by atoms with Crippen LogP contribution < -0.4 is 0 Å². The molecule has 0 aliphatic rings. The molecule has 0 fully saturated rings. The lowest BCUT2D eigenvalue weighted by atomic mass is 10.4. The Bertz CT molecular complexity index is 194. The van der Waals surface area contributed by atoms with E-state index < -0.39 is 0 Å². The smallest absolute Gasteiger partial charge is 0.133 e. The van der Waals surface area contributed by atoms with Crippen LogP contribution in [-0.2, 0) is 0 Å². The SMILES string of the molecule is C=C(C)C=NC(=C)C#N.CC. The first-order valence-corrected chi connectivity index (χ1v) is 3.45.